The lowest BCUT2D eigenvalue weighted by Gasteiger charge is -2.34. The van der Waals surface area contributed by atoms with Gasteiger partial charge in [0.1, 0.15) is 12.2 Å². The summed E-state index contributed by atoms with van der Waals surface area (Å²) in [5, 5.41) is 0.474. The fraction of sp³-hybridized carbons (Fsp3) is 0.467. The van der Waals surface area contributed by atoms with E-state index in [9.17, 15) is 22.8 Å². The molecule has 1 aliphatic heterocycles. The Kier molecular flexibility index (Phi) is 5.06. The maximum atomic E-state index is 12.9. The van der Waals surface area contributed by atoms with Crippen molar-refractivity contribution in [2.24, 2.45) is 5.92 Å². The van der Waals surface area contributed by atoms with E-state index in [0.29, 0.717) is 4.90 Å². The van der Waals surface area contributed by atoms with Crippen molar-refractivity contribution in [1.29, 1.82) is 0 Å². The Bertz CT molecular complexity index is 659. The second-order valence-corrected chi connectivity index (χ2v) is 6.75. The fourth-order valence-corrected chi connectivity index (χ4v) is 3.34. The number of rotatable bonds is 2. The normalized spacial score (nSPS) is 21.8. The molecule has 4 nitrogen and oxygen atoms in total. The first-order valence-corrected chi connectivity index (χ1v) is 7.89. The van der Waals surface area contributed by atoms with E-state index in [2.05, 4.69) is 0 Å². The van der Waals surface area contributed by atoms with Gasteiger partial charge in [-0.15, -0.1) is 0 Å². The van der Waals surface area contributed by atoms with Crippen molar-refractivity contribution in [3.8, 4) is 0 Å². The lowest BCUT2D eigenvalue weighted by molar-refractivity contribution is -0.189. The summed E-state index contributed by atoms with van der Waals surface area (Å²) < 4.78 is 38.8. The number of carbonyl (C=O) groups excluding carboxylic acids is 2. The Balaban J connectivity index is 2.55. The highest BCUT2D eigenvalue weighted by Crippen LogP contribution is 2.37. The van der Waals surface area contributed by atoms with Crippen molar-refractivity contribution in [3.05, 3.63) is 28.2 Å². The van der Waals surface area contributed by atoms with Gasteiger partial charge in [-0.3, -0.25) is 14.5 Å². The maximum absolute atomic E-state index is 12.9. The molecule has 1 heterocycles. The molecule has 1 aromatic rings. The number of nitrogens with zero attached hydrogens (tertiary/aromatic N) is 2. The summed E-state index contributed by atoms with van der Waals surface area (Å²) in [5.74, 6) is -3.11. The number of hydrogen-bond acceptors (Lipinski definition) is 2. The SMILES string of the molecule is CC(C)[C@@H]1N(c2cc(Cl)cc(Cl)c2)C(=O)[C@@H](C)N1C(=O)C(F)(F)F. The Labute approximate surface area is 147 Å². The van der Waals surface area contributed by atoms with Gasteiger partial charge < -0.3 is 4.90 Å². The van der Waals surface area contributed by atoms with Gasteiger partial charge in [-0.25, -0.2) is 0 Å². The molecule has 2 rings (SSSR count). The third-order valence-corrected chi connectivity index (χ3v) is 4.20. The van der Waals surface area contributed by atoms with E-state index in [-0.39, 0.29) is 15.7 Å². The zero-order valence-electron chi connectivity index (χ0n) is 13.1. The fourth-order valence-electron chi connectivity index (χ4n) is 2.82. The second-order valence-electron chi connectivity index (χ2n) is 5.88. The molecule has 1 aliphatic rings. The minimum absolute atomic E-state index is 0.237. The zero-order chi connectivity index (χ0) is 18.4. The van der Waals surface area contributed by atoms with Crippen LogP contribution in [0.25, 0.3) is 0 Å². The van der Waals surface area contributed by atoms with Crippen LogP contribution in [0.3, 0.4) is 0 Å². The van der Waals surface area contributed by atoms with Gasteiger partial charge in [-0.1, -0.05) is 37.0 Å². The van der Waals surface area contributed by atoms with E-state index in [1.807, 2.05) is 0 Å². The van der Waals surface area contributed by atoms with Crippen LogP contribution < -0.4 is 4.90 Å². The highest BCUT2D eigenvalue weighted by atomic mass is 35.5. The van der Waals surface area contributed by atoms with Crippen LogP contribution in [-0.2, 0) is 9.59 Å². The Morgan fingerprint density at radius 1 is 1.17 bits per heavy atom. The van der Waals surface area contributed by atoms with Crippen molar-refractivity contribution in [2.45, 2.75) is 39.2 Å². The van der Waals surface area contributed by atoms with Gasteiger partial charge in [0.05, 0.1) is 0 Å². The van der Waals surface area contributed by atoms with Crippen molar-refractivity contribution >= 4 is 40.7 Å². The molecule has 0 bridgehead atoms. The second kappa shape index (κ2) is 6.44. The third-order valence-electron chi connectivity index (χ3n) is 3.76. The average Bonchev–Trinajstić information content (AvgIpc) is 2.68. The van der Waals surface area contributed by atoms with Crippen LogP contribution in [0.4, 0.5) is 18.9 Å². The van der Waals surface area contributed by atoms with Crippen LogP contribution in [-0.4, -0.2) is 35.1 Å². The molecule has 0 spiro atoms. The predicted octanol–water partition coefficient (Wildman–Crippen LogP) is 4.10. The molecule has 0 aliphatic carbocycles. The summed E-state index contributed by atoms with van der Waals surface area (Å²) in [6.45, 7) is 4.53. The topological polar surface area (TPSA) is 40.6 Å². The quantitative estimate of drug-likeness (QED) is 0.772. The van der Waals surface area contributed by atoms with Gasteiger partial charge in [0.2, 0.25) is 0 Å². The molecule has 24 heavy (non-hydrogen) atoms. The van der Waals surface area contributed by atoms with Crippen LogP contribution >= 0.6 is 23.2 Å². The number of alkyl halides is 3. The number of hydrogen-bond donors (Lipinski definition) is 0. The summed E-state index contributed by atoms with van der Waals surface area (Å²) >= 11 is 11.9. The van der Waals surface area contributed by atoms with E-state index in [4.69, 9.17) is 23.2 Å². The first kappa shape index (κ1) is 18.9. The first-order chi connectivity index (χ1) is 10.9. The molecule has 2 atom stereocenters. The van der Waals surface area contributed by atoms with Crippen LogP contribution in [0.2, 0.25) is 10.0 Å². The van der Waals surface area contributed by atoms with Gasteiger partial charge in [-0.2, -0.15) is 13.2 Å². The van der Waals surface area contributed by atoms with Gasteiger partial charge in [0, 0.05) is 15.7 Å². The van der Waals surface area contributed by atoms with Gasteiger partial charge in [0.25, 0.3) is 5.91 Å². The molecule has 1 aromatic carbocycles. The Hall–Kier alpha value is -1.47. The van der Waals surface area contributed by atoms with Crippen molar-refractivity contribution in [2.75, 3.05) is 4.90 Å². The standard InChI is InChI=1S/C15H15Cl2F3N2O2/c1-7(2)12-21(14(24)15(18,19)20)8(3)13(23)22(12)11-5-9(16)4-10(17)6-11/h4-8,12H,1-3H3/t8-,12+/m1/s1. The summed E-state index contributed by atoms with van der Waals surface area (Å²) in [6.07, 6.45) is -6.15. The molecule has 0 radical (unpaired) electrons. The van der Waals surface area contributed by atoms with Crippen molar-refractivity contribution < 1.29 is 22.8 Å². The van der Waals surface area contributed by atoms with Crippen molar-refractivity contribution in [3.63, 3.8) is 0 Å². The predicted molar refractivity (Wildman–Crippen MR) is 84.9 cm³/mol. The number of carbonyl (C=O) groups is 2. The summed E-state index contributed by atoms with van der Waals surface area (Å²) in [5.41, 5.74) is 0.250. The van der Waals surface area contributed by atoms with E-state index >= 15 is 0 Å². The van der Waals surface area contributed by atoms with Crippen LogP contribution in [0.1, 0.15) is 20.8 Å². The van der Waals surface area contributed by atoms with E-state index < -0.39 is 36.1 Å². The monoisotopic (exact) mass is 382 g/mol. The van der Waals surface area contributed by atoms with Gasteiger partial charge in [0.15, 0.2) is 0 Å². The highest BCUT2D eigenvalue weighted by molar-refractivity contribution is 6.35. The smallest absolute Gasteiger partial charge is 0.302 e. The largest absolute Gasteiger partial charge is 0.471 e. The van der Waals surface area contributed by atoms with Crippen molar-refractivity contribution in [1.82, 2.24) is 4.90 Å². The summed E-state index contributed by atoms with van der Waals surface area (Å²) in [6, 6.07) is 3.05. The first-order valence-electron chi connectivity index (χ1n) is 7.13. The molecule has 0 aromatic heterocycles. The summed E-state index contributed by atoms with van der Waals surface area (Å²) in [7, 11) is 0. The van der Waals surface area contributed by atoms with E-state index in [1.54, 1.807) is 13.8 Å². The molecule has 2 amide bonds. The number of benzene rings is 1. The molecule has 1 fully saturated rings. The Morgan fingerprint density at radius 3 is 2.08 bits per heavy atom. The molecule has 1 saturated heterocycles. The van der Waals surface area contributed by atoms with Gasteiger partial charge >= 0.3 is 12.1 Å². The molecule has 9 heteroatoms. The Morgan fingerprint density at radius 2 is 1.67 bits per heavy atom. The van der Waals surface area contributed by atoms with E-state index in [0.717, 1.165) is 4.90 Å². The van der Waals surface area contributed by atoms with Crippen LogP contribution in [0, 0.1) is 5.92 Å². The lowest BCUT2D eigenvalue weighted by Crippen LogP contribution is -2.51. The number of halogens is 5. The highest BCUT2D eigenvalue weighted by Gasteiger charge is 2.55. The summed E-state index contributed by atoms with van der Waals surface area (Å²) in [4.78, 5) is 26.1. The molecule has 132 valence electrons. The maximum Gasteiger partial charge on any atom is 0.471 e. The lowest BCUT2D eigenvalue weighted by atomic mass is 10.1. The minimum Gasteiger partial charge on any atom is -0.302 e. The van der Waals surface area contributed by atoms with Gasteiger partial charge in [-0.05, 0) is 31.0 Å². The van der Waals surface area contributed by atoms with Crippen LogP contribution in [0.15, 0.2) is 18.2 Å². The molecular formula is C15H15Cl2F3N2O2. The van der Waals surface area contributed by atoms with E-state index in [1.165, 1.54) is 25.1 Å². The molecule has 0 N–H and O–H groups in total. The molecule has 0 saturated carbocycles. The average molecular weight is 383 g/mol. The number of amides is 2. The number of anilines is 1. The third kappa shape index (κ3) is 3.32. The molecular weight excluding hydrogens is 368 g/mol. The minimum atomic E-state index is -5.07. The molecule has 0 unspecified atom stereocenters. The van der Waals surface area contributed by atoms with Crippen LogP contribution in [0.5, 0.6) is 0 Å². The zero-order valence-corrected chi connectivity index (χ0v) is 14.6.